The standard InChI is InChI=1S/C19H20F2N2O3S/c1-13-8-9-14(22-19(24)18-15(20)6-5-7-16(18)21)12-17(13)27(25,26)23-10-3-2-4-11-23/h5-9,12H,2-4,10-11H2,1H3,(H,22,24). The number of halogens is 2. The van der Waals surface area contributed by atoms with E-state index < -0.39 is 33.1 Å². The zero-order valence-electron chi connectivity index (χ0n) is 14.8. The number of piperidine rings is 1. The number of benzene rings is 2. The number of anilines is 1. The predicted octanol–water partition coefficient (Wildman–Crippen LogP) is 3.70. The summed E-state index contributed by atoms with van der Waals surface area (Å²) < 4.78 is 54.8. The molecule has 0 atom stereocenters. The molecule has 0 bridgehead atoms. The van der Waals surface area contributed by atoms with Crippen molar-refractivity contribution in [2.24, 2.45) is 0 Å². The van der Waals surface area contributed by atoms with Crippen molar-refractivity contribution < 1.29 is 22.0 Å². The van der Waals surface area contributed by atoms with Gasteiger partial charge in [0.05, 0.1) is 4.90 Å². The molecule has 1 saturated heterocycles. The number of carbonyl (C=O) groups is 1. The maximum Gasteiger partial charge on any atom is 0.261 e. The lowest BCUT2D eigenvalue weighted by molar-refractivity contribution is 0.101. The van der Waals surface area contributed by atoms with E-state index in [-0.39, 0.29) is 10.6 Å². The molecule has 0 radical (unpaired) electrons. The largest absolute Gasteiger partial charge is 0.322 e. The average molecular weight is 394 g/mol. The molecule has 1 heterocycles. The molecule has 1 aliphatic rings. The van der Waals surface area contributed by atoms with Crippen molar-refractivity contribution in [1.82, 2.24) is 4.31 Å². The van der Waals surface area contributed by atoms with Crippen LogP contribution in [0.1, 0.15) is 35.2 Å². The fourth-order valence-electron chi connectivity index (χ4n) is 3.11. The second kappa shape index (κ2) is 7.74. The third-order valence-electron chi connectivity index (χ3n) is 4.57. The monoisotopic (exact) mass is 394 g/mol. The van der Waals surface area contributed by atoms with E-state index >= 15 is 0 Å². The fraction of sp³-hybridized carbons (Fsp3) is 0.316. The Kier molecular flexibility index (Phi) is 5.57. The van der Waals surface area contributed by atoms with Crippen LogP contribution in [0.5, 0.6) is 0 Å². The Labute approximate surface area is 157 Å². The molecule has 27 heavy (non-hydrogen) atoms. The van der Waals surface area contributed by atoms with E-state index in [1.165, 1.54) is 16.4 Å². The summed E-state index contributed by atoms with van der Waals surface area (Å²) in [6, 6.07) is 7.52. The average Bonchev–Trinajstić information content (AvgIpc) is 2.64. The first-order chi connectivity index (χ1) is 12.8. The molecule has 0 saturated carbocycles. The molecule has 2 aromatic carbocycles. The van der Waals surface area contributed by atoms with Crippen molar-refractivity contribution in [1.29, 1.82) is 0 Å². The number of amides is 1. The smallest absolute Gasteiger partial charge is 0.261 e. The van der Waals surface area contributed by atoms with Crippen molar-refractivity contribution in [3.05, 3.63) is 59.2 Å². The van der Waals surface area contributed by atoms with E-state index in [2.05, 4.69) is 5.32 Å². The lowest BCUT2D eigenvalue weighted by atomic mass is 10.1. The van der Waals surface area contributed by atoms with E-state index in [0.29, 0.717) is 18.7 Å². The third-order valence-corrected chi connectivity index (χ3v) is 6.61. The number of carbonyl (C=O) groups excluding carboxylic acids is 1. The molecule has 0 aliphatic carbocycles. The molecule has 8 heteroatoms. The van der Waals surface area contributed by atoms with Gasteiger partial charge in [-0.25, -0.2) is 17.2 Å². The highest BCUT2D eigenvalue weighted by atomic mass is 32.2. The summed E-state index contributed by atoms with van der Waals surface area (Å²) in [5.41, 5.74) is -0.0157. The summed E-state index contributed by atoms with van der Waals surface area (Å²) in [4.78, 5) is 12.3. The zero-order chi connectivity index (χ0) is 19.6. The van der Waals surface area contributed by atoms with Crippen LogP contribution < -0.4 is 5.32 Å². The van der Waals surface area contributed by atoms with E-state index in [4.69, 9.17) is 0 Å². The van der Waals surface area contributed by atoms with Crippen LogP contribution in [-0.4, -0.2) is 31.7 Å². The van der Waals surface area contributed by atoms with E-state index in [9.17, 15) is 22.0 Å². The van der Waals surface area contributed by atoms with Crippen LogP contribution in [0.4, 0.5) is 14.5 Å². The Bertz CT molecular complexity index is 951. The minimum absolute atomic E-state index is 0.0798. The maximum atomic E-state index is 13.8. The van der Waals surface area contributed by atoms with Gasteiger partial charge in [-0.3, -0.25) is 4.79 Å². The van der Waals surface area contributed by atoms with Crippen LogP contribution in [0, 0.1) is 18.6 Å². The summed E-state index contributed by atoms with van der Waals surface area (Å²) in [6.45, 7) is 2.58. The number of hydrogen-bond acceptors (Lipinski definition) is 3. The highest BCUT2D eigenvalue weighted by Crippen LogP contribution is 2.26. The number of nitrogens with one attached hydrogen (secondary N) is 1. The molecule has 0 aromatic heterocycles. The summed E-state index contributed by atoms with van der Waals surface area (Å²) in [5.74, 6) is -2.95. The van der Waals surface area contributed by atoms with Gasteiger partial charge in [0.15, 0.2) is 0 Å². The maximum absolute atomic E-state index is 13.8. The molecule has 1 aliphatic heterocycles. The number of rotatable bonds is 4. The van der Waals surface area contributed by atoms with Gasteiger partial charge >= 0.3 is 0 Å². The zero-order valence-corrected chi connectivity index (χ0v) is 15.7. The highest BCUT2D eigenvalue weighted by molar-refractivity contribution is 7.89. The Morgan fingerprint density at radius 1 is 1.04 bits per heavy atom. The molecular formula is C19H20F2N2O3S. The molecule has 1 fully saturated rings. The minimum atomic E-state index is -3.70. The quantitative estimate of drug-likeness (QED) is 0.860. The van der Waals surface area contributed by atoms with Crippen LogP contribution >= 0.6 is 0 Å². The Balaban J connectivity index is 1.90. The number of sulfonamides is 1. The molecule has 0 unspecified atom stereocenters. The first kappa shape index (κ1) is 19.4. The van der Waals surface area contributed by atoms with Crippen molar-refractivity contribution in [3.8, 4) is 0 Å². The van der Waals surface area contributed by atoms with Gasteiger partial charge in [-0.1, -0.05) is 18.6 Å². The van der Waals surface area contributed by atoms with Gasteiger partial charge in [0, 0.05) is 18.8 Å². The predicted molar refractivity (Wildman–Crippen MR) is 98.1 cm³/mol. The topological polar surface area (TPSA) is 66.5 Å². The van der Waals surface area contributed by atoms with Gasteiger partial charge in [0.25, 0.3) is 5.91 Å². The van der Waals surface area contributed by atoms with Crippen molar-refractivity contribution in [3.63, 3.8) is 0 Å². The summed E-state index contributed by atoms with van der Waals surface area (Å²) in [5, 5.41) is 2.38. The Hall–Kier alpha value is -2.32. The lowest BCUT2D eigenvalue weighted by Gasteiger charge is -2.26. The molecule has 1 N–H and O–H groups in total. The Morgan fingerprint density at radius 3 is 2.30 bits per heavy atom. The number of nitrogens with zero attached hydrogens (tertiary/aromatic N) is 1. The second-order valence-corrected chi connectivity index (χ2v) is 8.40. The van der Waals surface area contributed by atoms with Gasteiger partial charge in [-0.05, 0) is 49.6 Å². The molecule has 3 rings (SSSR count). The first-order valence-electron chi connectivity index (χ1n) is 8.67. The molecular weight excluding hydrogens is 374 g/mol. The summed E-state index contributed by atoms with van der Waals surface area (Å²) >= 11 is 0. The van der Waals surface area contributed by atoms with Gasteiger partial charge < -0.3 is 5.32 Å². The van der Waals surface area contributed by atoms with E-state index in [1.54, 1.807) is 13.0 Å². The van der Waals surface area contributed by atoms with Crippen molar-refractivity contribution in [2.45, 2.75) is 31.1 Å². The third kappa shape index (κ3) is 4.01. The highest BCUT2D eigenvalue weighted by Gasteiger charge is 2.28. The van der Waals surface area contributed by atoms with Crippen LogP contribution in [0.3, 0.4) is 0 Å². The number of hydrogen-bond donors (Lipinski definition) is 1. The second-order valence-electron chi connectivity index (χ2n) is 6.50. The van der Waals surface area contributed by atoms with Crippen LogP contribution in [0.2, 0.25) is 0 Å². The normalized spacial score (nSPS) is 15.5. The van der Waals surface area contributed by atoms with Crippen LogP contribution in [-0.2, 0) is 10.0 Å². The molecule has 144 valence electrons. The summed E-state index contributed by atoms with van der Waals surface area (Å²) in [7, 11) is -3.70. The van der Waals surface area contributed by atoms with Crippen LogP contribution in [0.25, 0.3) is 0 Å². The Morgan fingerprint density at radius 2 is 1.67 bits per heavy atom. The van der Waals surface area contributed by atoms with Gasteiger partial charge in [-0.15, -0.1) is 0 Å². The van der Waals surface area contributed by atoms with E-state index in [0.717, 1.165) is 37.5 Å². The van der Waals surface area contributed by atoms with E-state index in [1.807, 2.05) is 0 Å². The molecule has 1 amide bonds. The fourth-order valence-corrected chi connectivity index (χ4v) is 4.88. The van der Waals surface area contributed by atoms with Crippen LogP contribution in [0.15, 0.2) is 41.3 Å². The molecule has 0 spiro atoms. The SMILES string of the molecule is Cc1ccc(NC(=O)c2c(F)cccc2F)cc1S(=O)(=O)N1CCCCC1. The van der Waals surface area contributed by atoms with Gasteiger partial charge in [0.1, 0.15) is 17.2 Å². The lowest BCUT2D eigenvalue weighted by Crippen LogP contribution is -2.36. The van der Waals surface area contributed by atoms with Gasteiger partial charge in [0.2, 0.25) is 10.0 Å². The minimum Gasteiger partial charge on any atom is -0.322 e. The van der Waals surface area contributed by atoms with Gasteiger partial charge in [-0.2, -0.15) is 4.31 Å². The van der Waals surface area contributed by atoms with Crippen molar-refractivity contribution in [2.75, 3.05) is 18.4 Å². The first-order valence-corrected chi connectivity index (χ1v) is 10.1. The number of aryl methyl sites for hydroxylation is 1. The molecule has 2 aromatic rings. The van der Waals surface area contributed by atoms with Crippen molar-refractivity contribution >= 4 is 21.6 Å². The summed E-state index contributed by atoms with van der Waals surface area (Å²) in [6.07, 6.45) is 2.61. The molecule has 5 nitrogen and oxygen atoms in total.